The number of amides is 2. The van der Waals surface area contributed by atoms with Crippen molar-refractivity contribution in [1.29, 1.82) is 0 Å². The molecular formula is C15H21N3O2. The van der Waals surface area contributed by atoms with E-state index in [0.717, 1.165) is 31.2 Å². The molecule has 5 N–H and O–H groups in total. The number of hydrogen-bond acceptors (Lipinski definition) is 3. The molecule has 2 rings (SSSR count). The molecule has 1 aromatic carbocycles. The van der Waals surface area contributed by atoms with Gasteiger partial charge in [0.25, 0.3) is 0 Å². The van der Waals surface area contributed by atoms with Crippen LogP contribution in [0.15, 0.2) is 18.2 Å². The lowest BCUT2D eigenvalue weighted by Crippen LogP contribution is -2.34. The fourth-order valence-corrected chi connectivity index (χ4v) is 2.73. The van der Waals surface area contributed by atoms with Crippen LogP contribution in [0.5, 0.6) is 0 Å². The van der Waals surface area contributed by atoms with Crippen molar-refractivity contribution in [2.45, 2.75) is 38.6 Å². The molecular weight excluding hydrogens is 254 g/mol. The Kier molecular flexibility index (Phi) is 4.39. The fraction of sp³-hybridized carbons (Fsp3) is 0.467. The van der Waals surface area contributed by atoms with E-state index in [1.165, 1.54) is 0 Å². The number of nitrogens with two attached hydrogens (primary N) is 2. The molecule has 2 unspecified atom stereocenters. The highest BCUT2D eigenvalue weighted by molar-refractivity contribution is 5.96. The van der Waals surface area contributed by atoms with E-state index in [9.17, 15) is 9.59 Å². The third-order valence-corrected chi connectivity index (χ3v) is 3.84. The lowest BCUT2D eigenvalue weighted by atomic mass is 9.85. The van der Waals surface area contributed by atoms with Gasteiger partial charge in [-0.2, -0.15) is 0 Å². The molecule has 108 valence electrons. The second kappa shape index (κ2) is 6.05. The number of hydrogen-bond donors (Lipinski definition) is 3. The van der Waals surface area contributed by atoms with Gasteiger partial charge in [0.1, 0.15) is 0 Å². The summed E-state index contributed by atoms with van der Waals surface area (Å²) in [5, 5.41) is 2.89. The van der Waals surface area contributed by atoms with Crippen molar-refractivity contribution in [3.8, 4) is 0 Å². The van der Waals surface area contributed by atoms with Crippen LogP contribution in [0.1, 0.15) is 41.6 Å². The third-order valence-electron chi connectivity index (χ3n) is 3.84. The van der Waals surface area contributed by atoms with Crippen LogP contribution < -0.4 is 16.8 Å². The zero-order chi connectivity index (χ0) is 14.7. The molecule has 5 nitrogen and oxygen atoms in total. The molecule has 2 atom stereocenters. The van der Waals surface area contributed by atoms with Gasteiger partial charge in [-0.1, -0.05) is 6.42 Å². The Morgan fingerprint density at radius 2 is 2.05 bits per heavy atom. The molecule has 1 aromatic rings. The van der Waals surface area contributed by atoms with Gasteiger partial charge in [0.15, 0.2) is 0 Å². The van der Waals surface area contributed by atoms with Gasteiger partial charge in [0, 0.05) is 23.2 Å². The molecule has 0 saturated heterocycles. The minimum absolute atomic E-state index is 0.00590. The molecule has 1 aliphatic carbocycles. The summed E-state index contributed by atoms with van der Waals surface area (Å²) in [5.41, 5.74) is 13.1. The van der Waals surface area contributed by atoms with Crippen molar-refractivity contribution in [3.63, 3.8) is 0 Å². The Morgan fingerprint density at radius 3 is 2.65 bits per heavy atom. The molecule has 1 aliphatic rings. The minimum Gasteiger partial charge on any atom is -0.366 e. The van der Waals surface area contributed by atoms with Crippen LogP contribution in [-0.2, 0) is 4.79 Å². The van der Waals surface area contributed by atoms with Crippen LogP contribution in [0.3, 0.4) is 0 Å². The Balaban J connectivity index is 2.04. The van der Waals surface area contributed by atoms with E-state index >= 15 is 0 Å². The Hall–Kier alpha value is -1.88. The number of nitrogens with one attached hydrogen (secondary N) is 1. The number of benzene rings is 1. The largest absolute Gasteiger partial charge is 0.366 e. The first-order valence-electron chi connectivity index (χ1n) is 6.94. The molecule has 0 heterocycles. The number of carbonyl (C=O) groups excluding carboxylic acids is 2. The first-order chi connectivity index (χ1) is 9.47. The fourth-order valence-electron chi connectivity index (χ4n) is 2.73. The number of rotatable bonds is 3. The molecule has 0 aromatic heterocycles. The summed E-state index contributed by atoms with van der Waals surface area (Å²) in [6.45, 7) is 1.80. The summed E-state index contributed by atoms with van der Waals surface area (Å²) < 4.78 is 0. The molecule has 5 heteroatoms. The summed E-state index contributed by atoms with van der Waals surface area (Å²) in [6.07, 6.45) is 3.62. The highest BCUT2D eigenvalue weighted by atomic mass is 16.2. The van der Waals surface area contributed by atoms with Crippen molar-refractivity contribution in [1.82, 2.24) is 0 Å². The van der Waals surface area contributed by atoms with Gasteiger partial charge in [-0.3, -0.25) is 9.59 Å². The van der Waals surface area contributed by atoms with Crippen LogP contribution in [0.2, 0.25) is 0 Å². The third kappa shape index (κ3) is 3.36. The summed E-state index contributed by atoms with van der Waals surface area (Å²) in [5.74, 6) is -0.472. The van der Waals surface area contributed by atoms with E-state index in [-0.39, 0.29) is 17.9 Å². The number of primary amides is 1. The Morgan fingerprint density at radius 1 is 1.30 bits per heavy atom. The zero-order valence-corrected chi connectivity index (χ0v) is 11.7. The molecule has 1 fully saturated rings. The minimum atomic E-state index is -0.460. The van der Waals surface area contributed by atoms with Crippen molar-refractivity contribution < 1.29 is 9.59 Å². The van der Waals surface area contributed by atoms with Crippen molar-refractivity contribution >= 4 is 17.5 Å². The monoisotopic (exact) mass is 275 g/mol. The lowest BCUT2D eigenvalue weighted by molar-refractivity contribution is -0.120. The predicted molar refractivity (Wildman–Crippen MR) is 78.3 cm³/mol. The molecule has 0 aliphatic heterocycles. The van der Waals surface area contributed by atoms with Crippen LogP contribution in [-0.4, -0.2) is 17.9 Å². The van der Waals surface area contributed by atoms with Crippen molar-refractivity contribution in [2.75, 3.05) is 5.32 Å². The highest BCUT2D eigenvalue weighted by Crippen LogP contribution is 2.25. The van der Waals surface area contributed by atoms with Crippen molar-refractivity contribution in [3.05, 3.63) is 29.3 Å². The van der Waals surface area contributed by atoms with E-state index in [2.05, 4.69) is 5.32 Å². The number of carbonyl (C=O) groups is 2. The second-order valence-electron chi connectivity index (χ2n) is 5.51. The SMILES string of the molecule is Cc1cc(NC(=O)C2CCCC(N)C2)ccc1C(N)=O. The van der Waals surface area contributed by atoms with E-state index in [1.54, 1.807) is 25.1 Å². The second-order valence-corrected chi connectivity index (χ2v) is 5.51. The highest BCUT2D eigenvalue weighted by Gasteiger charge is 2.25. The summed E-state index contributed by atoms with van der Waals surface area (Å²) >= 11 is 0. The maximum atomic E-state index is 12.2. The van der Waals surface area contributed by atoms with Gasteiger partial charge in [-0.15, -0.1) is 0 Å². The standard InChI is InChI=1S/C15H21N3O2/c1-9-7-12(5-6-13(9)14(17)19)18-15(20)10-3-2-4-11(16)8-10/h5-7,10-11H,2-4,8,16H2,1H3,(H2,17,19)(H,18,20). The maximum absolute atomic E-state index is 12.2. The Labute approximate surface area is 118 Å². The predicted octanol–water partition coefficient (Wildman–Crippen LogP) is 1.55. The summed E-state index contributed by atoms with van der Waals surface area (Å²) in [7, 11) is 0. The number of anilines is 1. The summed E-state index contributed by atoms with van der Waals surface area (Å²) in [4.78, 5) is 23.3. The topological polar surface area (TPSA) is 98.2 Å². The van der Waals surface area contributed by atoms with Gasteiger partial charge in [-0.05, 0) is 49.9 Å². The smallest absolute Gasteiger partial charge is 0.248 e. The molecule has 2 amide bonds. The molecule has 0 bridgehead atoms. The van der Waals surface area contributed by atoms with Gasteiger partial charge in [0.05, 0.1) is 0 Å². The van der Waals surface area contributed by atoms with Crippen LogP contribution in [0, 0.1) is 12.8 Å². The lowest BCUT2D eigenvalue weighted by Gasteiger charge is -2.25. The van der Waals surface area contributed by atoms with Gasteiger partial charge in [-0.25, -0.2) is 0 Å². The maximum Gasteiger partial charge on any atom is 0.248 e. The molecule has 1 saturated carbocycles. The van der Waals surface area contributed by atoms with E-state index in [4.69, 9.17) is 11.5 Å². The molecule has 0 radical (unpaired) electrons. The van der Waals surface area contributed by atoms with Gasteiger partial charge in [0.2, 0.25) is 11.8 Å². The molecule has 20 heavy (non-hydrogen) atoms. The van der Waals surface area contributed by atoms with E-state index in [0.29, 0.717) is 11.3 Å². The Bertz CT molecular complexity index is 528. The molecule has 0 spiro atoms. The normalized spacial score (nSPS) is 22.3. The first-order valence-corrected chi connectivity index (χ1v) is 6.94. The first kappa shape index (κ1) is 14.5. The number of aryl methyl sites for hydroxylation is 1. The van der Waals surface area contributed by atoms with Crippen LogP contribution >= 0.6 is 0 Å². The van der Waals surface area contributed by atoms with Crippen LogP contribution in [0.25, 0.3) is 0 Å². The average molecular weight is 275 g/mol. The zero-order valence-electron chi connectivity index (χ0n) is 11.7. The van der Waals surface area contributed by atoms with Crippen molar-refractivity contribution in [2.24, 2.45) is 17.4 Å². The van der Waals surface area contributed by atoms with E-state index < -0.39 is 5.91 Å². The summed E-state index contributed by atoms with van der Waals surface area (Å²) in [6, 6.07) is 5.23. The van der Waals surface area contributed by atoms with Gasteiger partial charge >= 0.3 is 0 Å². The van der Waals surface area contributed by atoms with E-state index in [1.807, 2.05) is 0 Å². The quantitative estimate of drug-likeness (QED) is 0.780. The van der Waals surface area contributed by atoms with Crippen LogP contribution in [0.4, 0.5) is 5.69 Å². The average Bonchev–Trinajstić information content (AvgIpc) is 2.38. The van der Waals surface area contributed by atoms with Gasteiger partial charge < -0.3 is 16.8 Å².